The Morgan fingerprint density at radius 2 is 2.00 bits per heavy atom. The van der Waals surface area contributed by atoms with Crippen molar-refractivity contribution < 1.29 is 14.4 Å². The van der Waals surface area contributed by atoms with E-state index in [1.165, 1.54) is 12.2 Å². The Morgan fingerprint density at radius 3 is 2.42 bits per heavy atom. The number of allylic oxidation sites excluding steroid dienone is 2. The molecule has 64 valence electrons. The molecule has 0 heterocycles. The highest BCUT2D eigenvalue weighted by molar-refractivity contribution is 6.51. The molecule has 2 unspecified atom stereocenters. The van der Waals surface area contributed by atoms with Crippen LogP contribution < -0.4 is 5.73 Å². The smallest absolute Gasteiger partial charge is 0.217 e. The minimum absolute atomic E-state index is 0.380. The van der Waals surface area contributed by atoms with Crippen LogP contribution in [0.5, 0.6) is 0 Å². The molecule has 1 rings (SSSR count). The summed E-state index contributed by atoms with van der Waals surface area (Å²) in [5.41, 5.74) is 5.26. The average molecular weight is 167 g/mol. The van der Waals surface area contributed by atoms with Gasteiger partial charge in [0.05, 0.1) is 6.04 Å². The molecule has 0 amide bonds. The zero-order valence-corrected chi connectivity index (χ0v) is 6.61. The number of carbonyl (C=O) groups is 3. The lowest BCUT2D eigenvalue weighted by molar-refractivity contribution is -0.151. The van der Waals surface area contributed by atoms with Crippen LogP contribution in [0.25, 0.3) is 0 Å². The van der Waals surface area contributed by atoms with Crippen molar-refractivity contribution in [3.8, 4) is 0 Å². The fraction of sp³-hybridized carbons (Fsp3) is 0.375. The molecule has 0 bridgehead atoms. The second-order valence-corrected chi connectivity index (χ2v) is 2.63. The van der Waals surface area contributed by atoms with Gasteiger partial charge >= 0.3 is 0 Å². The standard InChI is InChI=1S/C8H9NO3/c1-2-3-4(10)5-6(9)8(12)7(5)11/h2-3,5-6H,9H2,1H3/b3-2+. The Bertz CT molecular complexity index is 280. The van der Waals surface area contributed by atoms with Crippen LogP contribution in [-0.2, 0) is 14.4 Å². The van der Waals surface area contributed by atoms with Crippen LogP contribution in [0, 0.1) is 5.92 Å². The molecule has 0 aromatic heterocycles. The van der Waals surface area contributed by atoms with Gasteiger partial charge in [-0.15, -0.1) is 0 Å². The maximum atomic E-state index is 11.1. The second-order valence-electron chi connectivity index (χ2n) is 2.63. The summed E-state index contributed by atoms with van der Waals surface area (Å²) in [5, 5.41) is 0. The number of rotatable bonds is 2. The molecular weight excluding hydrogens is 158 g/mol. The van der Waals surface area contributed by atoms with E-state index >= 15 is 0 Å². The number of hydrogen-bond donors (Lipinski definition) is 1. The van der Waals surface area contributed by atoms with Crippen molar-refractivity contribution >= 4 is 17.3 Å². The molecular formula is C8H9NO3. The highest BCUT2D eigenvalue weighted by atomic mass is 16.2. The van der Waals surface area contributed by atoms with E-state index in [1.807, 2.05) is 0 Å². The maximum absolute atomic E-state index is 11.1. The van der Waals surface area contributed by atoms with Crippen LogP contribution >= 0.6 is 0 Å². The second kappa shape index (κ2) is 2.98. The average Bonchev–Trinajstić information content (AvgIpc) is 2.05. The molecule has 1 saturated carbocycles. The van der Waals surface area contributed by atoms with Crippen molar-refractivity contribution in [2.75, 3.05) is 0 Å². The van der Waals surface area contributed by atoms with Crippen LogP contribution in [0.2, 0.25) is 0 Å². The summed E-state index contributed by atoms with van der Waals surface area (Å²) in [6.45, 7) is 1.66. The number of Topliss-reactive ketones (excluding diaryl/α,β-unsaturated/α-hetero) is 2. The van der Waals surface area contributed by atoms with E-state index in [-0.39, 0.29) is 5.78 Å². The summed E-state index contributed by atoms with van der Waals surface area (Å²) < 4.78 is 0. The fourth-order valence-electron chi connectivity index (χ4n) is 1.11. The van der Waals surface area contributed by atoms with Gasteiger partial charge in [0.2, 0.25) is 11.6 Å². The summed E-state index contributed by atoms with van der Waals surface area (Å²) in [6.07, 6.45) is 2.78. The lowest BCUT2D eigenvalue weighted by Crippen LogP contribution is -2.60. The zero-order valence-electron chi connectivity index (χ0n) is 6.61. The largest absolute Gasteiger partial charge is 0.320 e. The molecule has 0 radical (unpaired) electrons. The third-order valence-electron chi connectivity index (χ3n) is 1.82. The summed E-state index contributed by atoms with van der Waals surface area (Å²) in [6, 6.07) is -0.916. The third kappa shape index (κ3) is 1.10. The maximum Gasteiger partial charge on any atom is 0.217 e. The highest BCUT2D eigenvalue weighted by Crippen LogP contribution is 2.19. The van der Waals surface area contributed by atoms with Crippen molar-refractivity contribution in [3.05, 3.63) is 12.2 Å². The first-order valence-corrected chi connectivity index (χ1v) is 3.59. The van der Waals surface area contributed by atoms with Gasteiger partial charge in [-0.25, -0.2) is 0 Å². The van der Waals surface area contributed by atoms with Gasteiger partial charge in [-0.1, -0.05) is 6.08 Å². The van der Waals surface area contributed by atoms with Gasteiger partial charge in [0.1, 0.15) is 5.92 Å². The quantitative estimate of drug-likeness (QED) is 0.332. The molecule has 1 aliphatic carbocycles. The van der Waals surface area contributed by atoms with Gasteiger partial charge < -0.3 is 5.73 Å². The fourth-order valence-corrected chi connectivity index (χ4v) is 1.11. The molecule has 2 atom stereocenters. The van der Waals surface area contributed by atoms with Crippen molar-refractivity contribution in [1.82, 2.24) is 0 Å². The van der Waals surface area contributed by atoms with Crippen molar-refractivity contribution in [1.29, 1.82) is 0 Å². The van der Waals surface area contributed by atoms with E-state index in [0.29, 0.717) is 0 Å². The van der Waals surface area contributed by atoms with E-state index in [0.717, 1.165) is 0 Å². The first-order valence-electron chi connectivity index (χ1n) is 3.59. The third-order valence-corrected chi connectivity index (χ3v) is 1.82. The molecule has 1 aliphatic rings. The molecule has 12 heavy (non-hydrogen) atoms. The molecule has 0 spiro atoms. The van der Waals surface area contributed by atoms with Gasteiger partial charge in [0.25, 0.3) is 0 Å². The van der Waals surface area contributed by atoms with Crippen molar-refractivity contribution in [2.45, 2.75) is 13.0 Å². The zero-order chi connectivity index (χ0) is 9.30. The number of carbonyl (C=O) groups excluding carboxylic acids is 3. The van der Waals surface area contributed by atoms with Gasteiger partial charge in [0.15, 0.2) is 5.78 Å². The Hall–Kier alpha value is -1.29. The summed E-state index contributed by atoms with van der Waals surface area (Å²) in [5.74, 6) is -2.60. The normalized spacial score (nSPS) is 29.2. The van der Waals surface area contributed by atoms with E-state index in [9.17, 15) is 14.4 Å². The van der Waals surface area contributed by atoms with Crippen LogP contribution in [-0.4, -0.2) is 23.4 Å². The Balaban J connectivity index is 2.73. The molecule has 2 N–H and O–H groups in total. The summed E-state index contributed by atoms with van der Waals surface area (Å²) in [4.78, 5) is 32.5. The minimum atomic E-state index is -0.923. The predicted octanol–water partition coefficient (Wildman–Crippen LogP) is -0.773. The van der Waals surface area contributed by atoms with Crippen LogP contribution in [0.3, 0.4) is 0 Å². The van der Waals surface area contributed by atoms with E-state index < -0.39 is 23.5 Å². The van der Waals surface area contributed by atoms with E-state index in [4.69, 9.17) is 5.73 Å². The molecule has 4 heteroatoms. The van der Waals surface area contributed by atoms with E-state index in [1.54, 1.807) is 6.92 Å². The van der Waals surface area contributed by atoms with Crippen molar-refractivity contribution in [2.24, 2.45) is 11.7 Å². The first kappa shape index (κ1) is 8.80. The summed E-state index contributed by atoms with van der Waals surface area (Å²) in [7, 11) is 0. The van der Waals surface area contributed by atoms with Crippen LogP contribution in [0.15, 0.2) is 12.2 Å². The van der Waals surface area contributed by atoms with Crippen molar-refractivity contribution in [3.63, 3.8) is 0 Å². The lowest BCUT2D eigenvalue weighted by Gasteiger charge is -2.27. The first-order chi connectivity index (χ1) is 5.59. The van der Waals surface area contributed by atoms with Crippen LogP contribution in [0.1, 0.15) is 6.92 Å². The van der Waals surface area contributed by atoms with E-state index in [2.05, 4.69) is 0 Å². The Labute approximate surface area is 69.4 Å². The number of hydrogen-bond acceptors (Lipinski definition) is 4. The predicted molar refractivity (Wildman–Crippen MR) is 41.3 cm³/mol. The summed E-state index contributed by atoms with van der Waals surface area (Å²) >= 11 is 0. The molecule has 4 nitrogen and oxygen atoms in total. The number of ketones is 3. The topological polar surface area (TPSA) is 77.2 Å². The van der Waals surface area contributed by atoms with Gasteiger partial charge in [-0.05, 0) is 13.0 Å². The Kier molecular flexibility index (Phi) is 2.19. The molecule has 0 aromatic carbocycles. The molecule has 0 aromatic rings. The van der Waals surface area contributed by atoms with Gasteiger partial charge in [-0.2, -0.15) is 0 Å². The highest BCUT2D eigenvalue weighted by Gasteiger charge is 2.49. The molecule has 0 aliphatic heterocycles. The van der Waals surface area contributed by atoms with Gasteiger partial charge in [0, 0.05) is 0 Å². The van der Waals surface area contributed by atoms with Gasteiger partial charge in [-0.3, -0.25) is 14.4 Å². The minimum Gasteiger partial charge on any atom is -0.320 e. The Morgan fingerprint density at radius 1 is 1.42 bits per heavy atom. The SMILES string of the molecule is C/C=C/C(=O)C1C(=O)C(=O)C1N. The lowest BCUT2D eigenvalue weighted by atomic mass is 9.74. The van der Waals surface area contributed by atoms with Crippen LogP contribution in [0.4, 0.5) is 0 Å². The number of nitrogens with two attached hydrogens (primary N) is 1. The molecule has 1 fully saturated rings. The molecule has 0 saturated heterocycles. The monoisotopic (exact) mass is 167 g/mol.